The standard InChI is InChI=1S/C16H11ClN6/c17-12-2-1-3-14(8-12)20-15-10-19-23-16(22-15)21-13-6-4-11(9-18)5-7-13/h1-8,10H,(H2,20,21,22,23). The van der Waals surface area contributed by atoms with E-state index in [9.17, 15) is 0 Å². The van der Waals surface area contributed by atoms with Gasteiger partial charge in [-0.2, -0.15) is 15.3 Å². The van der Waals surface area contributed by atoms with E-state index in [1.54, 1.807) is 36.4 Å². The van der Waals surface area contributed by atoms with Gasteiger partial charge in [-0.05, 0) is 42.5 Å². The Morgan fingerprint density at radius 3 is 2.57 bits per heavy atom. The minimum atomic E-state index is 0.349. The van der Waals surface area contributed by atoms with Crippen molar-refractivity contribution in [3.8, 4) is 6.07 Å². The zero-order valence-corrected chi connectivity index (χ0v) is 12.6. The normalized spacial score (nSPS) is 9.91. The van der Waals surface area contributed by atoms with Crippen LogP contribution >= 0.6 is 11.6 Å². The highest BCUT2D eigenvalue weighted by Gasteiger charge is 2.03. The summed E-state index contributed by atoms with van der Waals surface area (Å²) in [5, 5.41) is 23.4. The SMILES string of the molecule is N#Cc1ccc(Nc2nncc(Nc3cccc(Cl)c3)n2)cc1. The summed E-state index contributed by atoms with van der Waals surface area (Å²) in [6.45, 7) is 0. The molecule has 0 amide bonds. The van der Waals surface area contributed by atoms with Gasteiger partial charge in [0.05, 0.1) is 17.8 Å². The Kier molecular flexibility index (Phi) is 4.32. The van der Waals surface area contributed by atoms with Crippen LogP contribution in [0.2, 0.25) is 5.02 Å². The third-order valence-electron chi connectivity index (χ3n) is 2.93. The predicted molar refractivity (Wildman–Crippen MR) is 89.0 cm³/mol. The molecular weight excluding hydrogens is 312 g/mol. The van der Waals surface area contributed by atoms with Gasteiger partial charge in [-0.25, -0.2) is 0 Å². The zero-order chi connectivity index (χ0) is 16.1. The van der Waals surface area contributed by atoms with Crippen LogP contribution in [0.4, 0.5) is 23.1 Å². The molecule has 0 bridgehead atoms. The molecule has 1 aromatic heterocycles. The molecule has 0 radical (unpaired) electrons. The number of halogens is 1. The molecule has 0 saturated carbocycles. The molecule has 112 valence electrons. The van der Waals surface area contributed by atoms with Crippen LogP contribution in [0.15, 0.2) is 54.7 Å². The summed E-state index contributed by atoms with van der Waals surface area (Å²) >= 11 is 5.95. The molecule has 2 N–H and O–H groups in total. The van der Waals surface area contributed by atoms with Gasteiger partial charge in [-0.15, -0.1) is 5.10 Å². The Morgan fingerprint density at radius 1 is 1.00 bits per heavy atom. The van der Waals surface area contributed by atoms with Gasteiger partial charge in [0.15, 0.2) is 5.82 Å². The van der Waals surface area contributed by atoms with E-state index in [2.05, 4.69) is 31.9 Å². The van der Waals surface area contributed by atoms with Crippen molar-refractivity contribution in [2.24, 2.45) is 0 Å². The van der Waals surface area contributed by atoms with E-state index in [0.717, 1.165) is 11.4 Å². The van der Waals surface area contributed by atoms with Gasteiger partial charge in [0.25, 0.3) is 0 Å². The van der Waals surface area contributed by atoms with Gasteiger partial charge < -0.3 is 10.6 Å². The summed E-state index contributed by atoms with van der Waals surface area (Å²) in [6, 6.07) is 16.3. The monoisotopic (exact) mass is 322 g/mol. The first-order valence-electron chi connectivity index (χ1n) is 6.72. The van der Waals surface area contributed by atoms with Crippen molar-refractivity contribution in [1.82, 2.24) is 15.2 Å². The fraction of sp³-hybridized carbons (Fsp3) is 0. The predicted octanol–water partition coefficient (Wildman–Crippen LogP) is 3.88. The molecule has 0 spiro atoms. The smallest absolute Gasteiger partial charge is 0.249 e. The maximum absolute atomic E-state index is 8.79. The van der Waals surface area contributed by atoms with Crippen LogP contribution in [-0.2, 0) is 0 Å². The maximum Gasteiger partial charge on any atom is 0.249 e. The van der Waals surface area contributed by atoms with E-state index in [1.807, 2.05) is 12.1 Å². The lowest BCUT2D eigenvalue weighted by atomic mass is 10.2. The van der Waals surface area contributed by atoms with E-state index in [4.69, 9.17) is 16.9 Å². The summed E-state index contributed by atoms with van der Waals surface area (Å²) in [5.74, 6) is 0.889. The van der Waals surface area contributed by atoms with Crippen molar-refractivity contribution in [3.05, 3.63) is 65.3 Å². The molecule has 0 aliphatic rings. The Bertz CT molecular complexity index is 857. The van der Waals surface area contributed by atoms with Gasteiger partial charge in [0.2, 0.25) is 5.95 Å². The molecule has 0 atom stereocenters. The molecule has 23 heavy (non-hydrogen) atoms. The summed E-state index contributed by atoms with van der Waals surface area (Å²) in [5.41, 5.74) is 2.17. The van der Waals surface area contributed by atoms with Crippen LogP contribution in [0.1, 0.15) is 5.56 Å². The second-order valence-corrected chi connectivity index (χ2v) is 5.05. The van der Waals surface area contributed by atoms with E-state index >= 15 is 0 Å². The largest absolute Gasteiger partial charge is 0.339 e. The van der Waals surface area contributed by atoms with Crippen molar-refractivity contribution >= 4 is 34.7 Å². The lowest BCUT2D eigenvalue weighted by molar-refractivity contribution is 0.982. The van der Waals surface area contributed by atoms with Crippen molar-refractivity contribution in [2.75, 3.05) is 10.6 Å². The van der Waals surface area contributed by atoms with E-state index in [1.165, 1.54) is 6.20 Å². The van der Waals surface area contributed by atoms with Crippen LogP contribution in [0.5, 0.6) is 0 Å². The number of nitrogens with zero attached hydrogens (tertiary/aromatic N) is 4. The van der Waals surface area contributed by atoms with E-state index in [-0.39, 0.29) is 0 Å². The molecule has 3 aromatic rings. The fourth-order valence-corrected chi connectivity index (χ4v) is 2.08. The Labute approximate surface area is 137 Å². The van der Waals surface area contributed by atoms with Gasteiger partial charge in [-0.1, -0.05) is 17.7 Å². The van der Waals surface area contributed by atoms with Gasteiger partial charge in [0.1, 0.15) is 0 Å². The molecule has 6 nitrogen and oxygen atoms in total. The average Bonchev–Trinajstić information content (AvgIpc) is 2.56. The van der Waals surface area contributed by atoms with Crippen LogP contribution in [-0.4, -0.2) is 15.2 Å². The minimum Gasteiger partial charge on any atom is -0.339 e. The third-order valence-corrected chi connectivity index (χ3v) is 3.16. The first kappa shape index (κ1) is 14.8. The van der Waals surface area contributed by atoms with Crippen LogP contribution in [0.25, 0.3) is 0 Å². The van der Waals surface area contributed by atoms with Crippen LogP contribution < -0.4 is 10.6 Å². The number of hydrogen-bond acceptors (Lipinski definition) is 6. The molecule has 7 heteroatoms. The number of nitrogens with one attached hydrogen (secondary N) is 2. The third kappa shape index (κ3) is 3.93. The zero-order valence-electron chi connectivity index (χ0n) is 11.9. The highest BCUT2D eigenvalue weighted by molar-refractivity contribution is 6.30. The summed E-state index contributed by atoms with van der Waals surface area (Å²) in [7, 11) is 0. The number of anilines is 4. The number of benzene rings is 2. The fourth-order valence-electron chi connectivity index (χ4n) is 1.89. The van der Waals surface area contributed by atoms with Gasteiger partial charge >= 0.3 is 0 Å². The van der Waals surface area contributed by atoms with Crippen molar-refractivity contribution in [3.63, 3.8) is 0 Å². The number of nitriles is 1. The molecule has 2 aromatic carbocycles. The van der Waals surface area contributed by atoms with Crippen molar-refractivity contribution < 1.29 is 0 Å². The lowest BCUT2D eigenvalue weighted by Gasteiger charge is -2.08. The van der Waals surface area contributed by atoms with Gasteiger partial charge in [-0.3, -0.25) is 0 Å². The topological polar surface area (TPSA) is 86.5 Å². The van der Waals surface area contributed by atoms with E-state index in [0.29, 0.717) is 22.4 Å². The summed E-state index contributed by atoms with van der Waals surface area (Å²) < 4.78 is 0. The van der Waals surface area contributed by atoms with Gasteiger partial charge in [0, 0.05) is 16.4 Å². The molecule has 0 aliphatic carbocycles. The molecular formula is C16H11ClN6. The first-order valence-corrected chi connectivity index (χ1v) is 7.10. The Balaban J connectivity index is 1.75. The lowest BCUT2D eigenvalue weighted by Crippen LogP contribution is -2.02. The second-order valence-electron chi connectivity index (χ2n) is 4.61. The van der Waals surface area contributed by atoms with Crippen LogP contribution in [0.3, 0.4) is 0 Å². The molecule has 0 fully saturated rings. The minimum absolute atomic E-state index is 0.349. The average molecular weight is 323 g/mol. The molecule has 0 saturated heterocycles. The molecule has 0 unspecified atom stereocenters. The van der Waals surface area contributed by atoms with Crippen molar-refractivity contribution in [2.45, 2.75) is 0 Å². The maximum atomic E-state index is 8.79. The Morgan fingerprint density at radius 2 is 1.83 bits per heavy atom. The molecule has 0 aliphatic heterocycles. The number of aromatic nitrogens is 3. The first-order chi connectivity index (χ1) is 11.2. The Hall–Kier alpha value is -3.17. The quantitative estimate of drug-likeness (QED) is 0.758. The number of rotatable bonds is 4. The van der Waals surface area contributed by atoms with Crippen LogP contribution in [0, 0.1) is 11.3 Å². The second kappa shape index (κ2) is 6.73. The van der Waals surface area contributed by atoms with Crippen molar-refractivity contribution in [1.29, 1.82) is 5.26 Å². The summed E-state index contributed by atoms with van der Waals surface area (Å²) in [4.78, 5) is 4.33. The summed E-state index contributed by atoms with van der Waals surface area (Å²) in [6.07, 6.45) is 1.52. The highest BCUT2D eigenvalue weighted by atomic mass is 35.5. The molecule has 3 rings (SSSR count). The molecule has 1 heterocycles. The highest BCUT2D eigenvalue weighted by Crippen LogP contribution is 2.19. The number of hydrogen-bond donors (Lipinski definition) is 2. The van der Waals surface area contributed by atoms with E-state index < -0.39 is 0 Å².